The molecule has 0 spiro atoms. The van der Waals surface area contributed by atoms with Gasteiger partial charge in [0.1, 0.15) is 11.2 Å². The molecular formula is C50H30O. The first-order valence-electron chi connectivity index (χ1n) is 23.9. The Morgan fingerprint density at radius 1 is 0.353 bits per heavy atom. The topological polar surface area (TPSA) is 13.1 Å². The standard InChI is InChI=1S/C50H30O/c1-3-15-36-31(11-1)13-9-21-39(36)48-41-17-5-7-19-43(41)49(44-20-8-6-18-42(44)48)40-22-10-14-35-29-33(23-26-37(35)40)34-25-27-46-45(30-34)50-38-16-4-2-12-32(38)24-28-47(50)51-46/h1-30H/i1D,3D,5D,6D,7D,8D,9D,11D,13D,15D,17D,18D,19D,20D,21D. The zero-order chi connectivity index (χ0) is 46.5. The molecule has 0 fully saturated rings. The zero-order valence-corrected chi connectivity index (χ0v) is 26.6. The molecule has 0 radical (unpaired) electrons. The SMILES string of the molecule is [2H]c1c([2H])c([2H])c2c(-c3c4c([2H])c([2H])c([2H])c([2H])c4c(-c4cccc5cc(-c6ccc7oc8ccc9ccccc9c8c7c6)ccc45)c4c([2H])c([2H])c([2H])c([2H])c34)c([2H])c([2H])c([2H])c2c1[2H]. The lowest BCUT2D eigenvalue weighted by molar-refractivity contribution is 0.669. The molecule has 236 valence electrons. The normalized spacial score (nSPS) is 16.0. The summed E-state index contributed by atoms with van der Waals surface area (Å²) in [4.78, 5) is 0. The van der Waals surface area contributed by atoms with Crippen LogP contribution in [0.15, 0.2) is 186 Å². The van der Waals surface area contributed by atoms with E-state index in [9.17, 15) is 6.85 Å². The third kappa shape index (κ3) is 4.22. The van der Waals surface area contributed by atoms with E-state index in [1.165, 1.54) is 0 Å². The molecule has 0 N–H and O–H groups in total. The maximum atomic E-state index is 9.49. The molecule has 0 saturated heterocycles. The van der Waals surface area contributed by atoms with Gasteiger partial charge >= 0.3 is 0 Å². The third-order valence-corrected chi connectivity index (χ3v) is 9.78. The third-order valence-electron chi connectivity index (χ3n) is 9.78. The van der Waals surface area contributed by atoms with Gasteiger partial charge in [-0.25, -0.2) is 0 Å². The Balaban J connectivity index is 1.28. The summed E-state index contributed by atoms with van der Waals surface area (Å²) in [7, 11) is 0. The van der Waals surface area contributed by atoms with E-state index < -0.39 is 107 Å². The summed E-state index contributed by atoms with van der Waals surface area (Å²) in [5.74, 6) is 0. The van der Waals surface area contributed by atoms with Gasteiger partial charge in [-0.05, 0) is 112 Å². The van der Waals surface area contributed by atoms with Crippen LogP contribution in [-0.2, 0) is 0 Å². The number of furan rings is 1. The fourth-order valence-electron chi connectivity index (χ4n) is 7.55. The lowest BCUT2D eigenvalue weighted by Crippen LogP contribution is -1.92. The van der Waals surface area contributed by atoms with Crippen LogP contribution in [0.2, 0.25) is 0 Å². The van der Waals surface area contributed by atoms with Crippen LogP contribution in [0.3, 0.4) is 0 Å². The molecular weight excluding hydrogens is 617 g/mol. The van der Waals surface area contributed by atoms with Crippen LogP contribution in [0.4, 0.5) is 0 Å². The highest BCUT2D eigenvalue weighted by molar-refractivity contribution is 6.25. The molecule has 0 saturated carbocycles. The van der Waals surface area contributed by atoms with Crippen LogP contribution < -0.4 is 0 Å². The molecule has 1 heterocycles. The molecule has 0 aliphatic rings. The van der Waals surface area contributed by atoms with E-state index in [-0.39, 0.29) is 32.7 Å². The van der Waals surface area contributed by atoms with Crippen LogP contribution in [-0.4, -0.2) is 0 Å². The summed E-state index contributed by atoms with van der Waals surface area (Å²) in [6.07, 6.45) is 0. The van der Waals surface area contributed by atoms with Crippen LogP contribution in [0, 0.1) is 0 Å². The van der Waals surface area contributed by atoms with Crippen molar-refractivity contribution < 1.29 is 25.0 Å². The van der Waals surface area contributed by atoms with Crippen LogP contribution in [0.25, 0.3) is 109 Å². The Morgan fingerprint density at radius 2 is 0.980 bits per heavy atom. The molecule has 1 aromatic heterocycles. The van der Waals surface area contributed by atoms with Gasteiger partial charge in [0, 0.05) is 10.8 Å². The highest BCUT2D eigenvalue weighted by Crippen LogP contribution is 2.47. The number of benzene rings is 10. The number of fused-ring (bicyclic) bond motifs is 9. The van der Waals surface area contributed by atoms with E-state index in [0.717, 1.165) is 43.8 Å². The highest BCUT2D eigenvalue weighted by Gasteiger charge is 2.19. The fraction of sp³-hybridized carbons (Fsp3) is 0. The van der Waals surface area contributed by atoms with Gasteiger partial charge in [0.25, 0.3) is 0 Å². The van der Waals surface area contributed by atoms with Crippen LogP contribution in [0.1, 0.15) is 20.6 Å². The molecule has 1 nitrogen and oxygen atoms in total. The first kappa shape index (κ1) is 17.3. The van der Waals surface area contributed by atoms with Crippen molar-refractivity contribution in [2.45, 2.75) is 0 Å². The molecule has 0 bridgehead atoms. The second kappa shape index (κ2) is 10.9. The number of rotatable bonds is 3. The predicted molar refractivity (Wildman–Crippen MR) is 218 cm³/mol. The summed E-state index contributed by atoms with van der Waals surface area (Å²) in [5, 5.41) is 3.54. The molecule has 10 aromatic carbocycles. The zero-order valence-electron chi connectivity index (χ0n) is 41.6. The lowest BCUT2D eigenvalue weighted by Gasteiger charge is -2.19. The monoisotopic (exact) mass is 661 g/mol. The minimum absolute atomic E-state index is 0.0419. The molecule has 51 heavy (non-hydrogen) atoms. The maximum absolute atomic E-state index is 9.49. The molecule has 0 atom stereocenters. The molecule has 11 aromatic rings. The number of hydrogen-bond donors (Lipinski definition) is 0. The van der Waals surface area contributed by atoms with E-state index >= 15 is 0 Å². The molecule has 11 rings (SSSR count). The Hall–Kier alpha value is -6.70. The van der Waals surface area contributed by atoms with E-state index in [1.54, 1.807) is 12.1 Å². The minimum Gasteiger partial charge on any atom is -0.456 e. The largest absolute Gasteiger partial charge is 0.456 e. The van der Waals surface area contributed by atoms with Gasteiger partial charge < -0.3 is 4.42 Å². The van der Waals surface area contributed by atoms with Crippen molar-refractivity contribution in [2.75, 3.05) is 0 Å². The molecule has 1 heteroatoms. The van der Waals surface area contributed by atoms with Gasteiger partial charge in [-0.15, -0.1) is 0 Å². The smallest absolute Gasteiger partial charge is 0.136 e. The van der Waals surface area contributed by atoms with Gasteiger partial charge in [-0.1, -0.05) is 157 Å². The quantitative estimate of drug-likeness (QED) is 0.172. The number of hydrogen-bond acceptors (Lipinski definition) is 1. The molecule has 0 aliphatic carbocycles. The van der Waals surface area contributed by atoms with Gasteiger partial charge in [0.2, 0.25) is 0 Å². The molecule has 0 aliphatic heterocycles. The van der Waals surface area contributed by atoms with Gasteiger partial charge in [0.15, 0.2) is 0 Å². The Bertz CT molecular complexity index is 3970. The van der Waals surface area contributed by atoms with E-state index in [1.807, 2.05) is 60.7 Å². The van der Waals surface area contributed by atoms with Crippen LogP contribution >= 0.6 is 0 Å². The van der Waals surface area contributed by atoms with Crippen molar-refractivity contribution in [3.05, 3.63) is 182 Å². The second-order valence-electron chi connectivity index (χ2n) is 12.5. The van der Waals surface area contributed by atoms with Gasteiger partial charge in [-0.2, -0.15) is 0 Å². The Kier molecular flexibility index (Phi) is 3.70. The summed E-state index contributed by atoms with van der Waals surface area (Å²) in [6, 6.07) is 18.9. The maximum Gasteiger partial charge on any atom is 0.136 e. The van der Waals surface area contributed by atoms with Crippen molar-refractivity contribution in [3.8, 4) is 33.4 Å². The summed E-state index contributed by atoms with van der Waals surface area (Å²) < 4.78 is 142. The highest BCUT2D eigenvalue weighted by atomic mass is 16.3. The lowest BCUT2D eigenvalue weighted by atomic mass is 9.83. The first-order valence-corrected chi connectivity index (χ1v) is 16.4. The van der Waals surface area contributed by atoms with Crippen molar-refractivity contribution >= 4 is 75.8 Å². The minimum atomic E-state index is -0.757. The van der Waals surface area contributed by atoms with E-state index in [2.05, 4.69) is 18.2 Å². The Labute approximate surface area is 315 Å². The summed E-state index contributed by atoms with van der Waals surface area (Å²) >= 11 is 0. The van der Waals surface area contributed by atoms with Gasteiger partial charge in [0.05, 0.1) is 20.6 Å². The molecule has 0 unspecified atom stereocenters. The average molecular weight is 662 g/mol. The Morgan fingerprint density at radius 3 is 1.78 bits per heavy atom. The van der Waals surface area contributed by atoms with Crippen molar-refractivity contribution in [1.82, 2.24) is 0 Å². The predicted octanol–water partition coefficient (Wildman–Crippen LogP) is 14.4. The van der Waals surface area contributed by atoms with Gasteiger partial charge in [-0.3, -0.25) is 0 Å². The fourth-order valence-corrected chi connectivity index (χ4v) is 7.55. The van der Waals surface area contributed by atoms with Crippen LogP contribution in [0.5, 0.6) is 0 Å². The summed E-state index contributed by atoms with van der Waals surface area (Å²) in [6.45, 7) is 0. The van der Waals surface area contributed by atoms with Crippen molar-refractivity contribution in [2.24, 2.45) is 0 Å². The summed E-state index contributed by atoms with van der Waals surface area (Å²) in [5.41, 5.74) is 2.83. The second-order valence-corrected chi connectivity index (χ2v) is 12.5. The van der Waals surface area contributed by atoms with E-state index in [4.69, 9.17) is 18.1 Å². The van der Waals surface area contributed by atoms with Crippen molar-refractivity contribution in [1.29, 1.82) is 0 Å². The van der Waals surface area contributed by atoms with Crippen molar-refractivity contribution in [3.63, 3.8) is 0 Å². The average Bonchev–Trinajstić information content (AvgIpc) is 3.71. The molecule has 0 amide bonds. The van der Waals surface area contributed by atoms with E-state index in [0.29, 0.717) is 16.3 Å². The first-order chi connectivity index (χ1) is 31.5.